The SMILES string of the molecule is Cc1ccc(C(O)c2cscn2)nn1. The second-order valence-corrected chi connectivity index (χ2v) is 3.63. The highest BCUT2D eigenvalue weighted by Crippen LogP contribution is 2.18. The highest BCUT2D eigenvalue weighted by molar-refractivity contribution is 7.07. The summed E-state index contributed by atoms with van der Waals surface area (Å²) in [5.74, 6) is 0. The lowest BCUT2D eigenvalue weighted by atomic mass is 10.2. The molecular weight excluding hydrogens is 198 g/mol. The maximum absolute atomic E-state index is 9.81. The zero-order chi connectivity index (χ0) is 9.97. The second-order valence-electron chi connectivity index (χ2n) is 2.92. The molecule has 0 radical (unpaired) electrons. The Morgan fingerprint density at radius 1 is 1.29 bits per heavy atom. The Bertz CT molecular complexity index is 399. The molecule has 0 aromatic carbocycles. The Kier molecular flexibility index (Phi) is 2.51. The summed E-state index contributed by atoms with van der Waals surface area (Å²) < 4.78 is 0. The summed E-state index contributed by atoms with van der Waals surface area (Å²) in [5.41, 5.74) is 3.66. The normalized spacial score (nSPS) is 12.7. The molecule has 0 bridgehead atoms. The summed E-state index contributed by atoms with van der Waals surface area (Å²) in [6, 6.07) is 3.57. The number of aryl methyl sites for hydroxylation is 1. The molecule has 72 valence electrons. The van der Waals surface area contributed by atoms with E-state index in [1.807, 2.05) is 13.0 Å². The number of rotatable bonds is 2. The monoisotopic (exact) mass is 207 g/mol. The molecule has 14 heavy (non-hydrogen) atoms. The van der Waals surface area contributed by atoms with Crippen LogP contribution in [0.15, 0.2) is 23.0 Å². The molecule has 2 aromatic rings. The highest BCUT2D eigenvalue weighted by atomic mass is 32.1. The largest absolute Gasteiger partial charge is 0.380 e. The number of aliphatic hydroxyl groups excluding tert-OH is 1. The molecule has 0 amide bonds. The van der Waals surface area contributed by atoms with Crippen molar-refractivity contribution in [2.75, 3.05) is 0 Å². The van der Waals surface area contributed by atoms with Crippen molar-refractivity contribution in [3.05, 3.63) is 40.1 Å². The van der Waals surface area contributed by atoms with E-state index in [1.54, 1.807) is 17.0 Å². The van der Waals surface area contributed by atoms with Gasteiger partial charge < -0.3 is 5.11 Å². The molecule has 0 saturated carbocycles. The first-order valence-electron chi connectivity index (χ1n) is 4.14. The van der Waals surface area contributed by atoms with Gasteiger partial charge in [-0.15, -0.1) is 11.3 Å². The van der Waals surface area contributed by atoms with Gasteiger partial charge in [-0.25, -0.2) is 4.98 Å². The maximum atomic E-state index is 9.81. The minimum Gasteiger partial charge on any atom is -0.380 e. The van der Waals surface area contributed by atoms with Gasteiger partial charge in [0.2, 0.25) is 0 Å². The van der Waals surface area contributed by atoms with Crippen molar-refractivity contribution >= 4 is 11.3 Å². The van der Waals surface area contributed by atoms with Crippen LogP contribution in [0, 0.1) is 6.92 Å². The minimum atomic E-state index is -0.769. The van der Waals surface area contributed by atoms with Crippen molar-refractivity contribution in [3.8, 4) is 0 Å². The molecule has 0 saturated heterocycles. The first-order chi connectivity index (χ1) is 6.77. The van der Waals surface area contributed by atoms with E-state index in [-0.39, 0.29) is 0 Å². The summed E-state index contributed by atoms with van der Waals surface area (Å²) in [5, 5.41) is 19.4. The molecule has 5 heteroatoms. The van der Waals surface area contributed by atoms with Crippen molar-refractivity contribution < 1.29 is 5.11 Å². The van der Waals surface area contributed by atoms with Gasteiger partial charge in [0.15, 0.2) is 0 Å². The molecule has 1 atom stereocenters. The van der Waals surface area contributed by atoms with E-state index in [1.165, 1.54) is 11.3 Å². The molecule has 2 aromatic heterocycles. The third kappa shape index (κ3) is 1.78. The summed E-state index contributed by atoms with van der Waals surface area (Å²) in [6.07, 6.45) is -0.769. The Labute approximate surface area is 85.3 Å². The fourth-order valence-corrected chi connectivity index (χ4v) is 1.64. The van der Waals surface area contributed by atoms with Crippen LogP contribution in [0.4, 0.5) is 0 Å². The van der Waals surface area contributed by atoms with Gasteiger partial charge in [-0.1, -0.05) is 0 Å². The van der Waals surface area contributed by atoms with Crippen LogP contribution in [0.25, 0.3) is 0 Å². The lowest BCUT2D eigenvalue weighted by molar-refractivity contribution is 0.210. The predicted octanol–water partition coefficient (Wildman–Crippen LogP) is 1.32. The van der Waals surface area contributed by atoms with Crippen molar-refractivity contribution in [2.45, 2.75) is 13.0 Å². The third-order valence-corrected chi connectivity index (χ3v) is 2.43. The van der Waals surface area contributed by atoms with Crippen molar-refractivity contribution in [1.29, 1.82) is 0 Å². The van der Waals surface area contributed by atoms with Crippen LogP contribution < -0.4 is 0 Å². The maximum Gasteiger partial charge on any atom is 0.140 e. The van der Waals surface area contributed by atoms with E-state index in [0.717, 1.165) is 5.69 Å². The van der Waals surface area contributed by atoms with E-state index in [0.29, 0.717) is 11.4 Å². The Hall–Kier alpha value is -1.33. The van der Waals surface area contributed by atoms with Crippen molar-refractivity contribution in [2.24, 2.45) is 0 Å². The molecule has 1 N–H and O–H groups in total. The number of aliphatic hydroxyl groups is 1. The molecule has 0 aliphatic carbocycles. The average Bonchev–Trinajstić information content (AvgIpc) is 2.71. The van der Waals surface area contributed by atoms with Crippen LogP contribution >= 0.6 is 11.3 Å². The van der Waals surface area contributed by atoms with E-state index in [4.69, 9.17) is 0 Å². The average molecular weight is 207 g/mol. The molecule has 0 fully saturated rings. The molecule has 4 nitrogen and oxygen atoms in total. The molecule has 0 aliphatic rings. The standard InChI is InChI=1S/C9H9N3OS/c1-6-2-3-7(12-11-6)9(13)8-4-14-5-10-8/h2-5,9,13H,1H3. The number of nitrogens with zero attached hydrogens (tertiary/aromatic N) is 3. The molecule has 1 unspecified atom stereocenters. The van der Waals surface area contributed by atoms with E-state index in [9.17, 15) is 5.11 Å². The van der Waals surface area contributed by atoms with Crippen LogP contribution in [0.5, 0.6) is 0 Å². The van der Waals surface area contributed by atoms with Gasteiger partial charge in [-0.2, -0.15) is 10.2 Å². The van der Waals surface area contributed by atoms with Crippen LogP contribution in [0.3, 0.4) is 0 Å². The minimum absolute atomic E-state index is 0.529. The molecule has 2 heterocycles. The Balaban J connectivity index is 2.28. The van der Waals surface area contributed by atoms with Gasteiger partial charge in [-0.05, 0) is 19.1 Å². The number of hydrogen-bond acceptors (Lipinski definition) is 5. The zero-order valence-electron chi connectivity index (χ0n) is 7.58. The van der Waals surface area contributed by atoms with Crippen LogP contribution in [-0.2, 0) is 0 Å². The zero-order valence-corrected chi connectivity index (χ0v) is 8.40. The van der Waals surface area contributed by atoms with Crippen LogP contribution in [0.2, 0.25) is 0 Å². The van der Waals surface area contributed by atoms with E-state index in [2.05, 4.69) is 15.2 Å². The quantitative estimate of drug-likeness (QED) is 0.807. The number of aromatic nitrogens is 3. The Morgan fingerprint density at radius 2 is 2.14 bits per heavy atom. The number of hydrogen-bond donors (Lipinski definition) is 1. The molecular formula is C9H9N3OS. The van der Waals surface area contributed by atoms with Gasteiger partial charge in [0.05, 0.1) is 22.6 Å². The summed E-state index contributed by atoms with van der Waals surface area (Å²) in [4.78, 5) is 4.02. The fraction of sp³-hybridized carbons (Fsp3) is 0.222. The predicted molar refractivity (Wildman–Crippen MR) is 52.9 cm³/mol. The highest BCUT2D eigenvalue weighted by Gasteiger charge is 2.13. The third-order valence-electron chi connectivity index (χ3n) is 1.83. The fourth-order valence-electron chi connectivity index (χ4n) is 1.06. The second kappa shape index (κ2) is 3.81. The van der Waals surface area contributed by atoms with Gasteiger partial charge in [-0.3, -0.25) is 0 Å². The smallest absolute Gasteiger partial charge is 0.140 e. The van der Waals surface area contributed by atoms with E-state index < -0.39 is 6.10 Å². The summed E-state index contributed by atoms with van der Waals surface area (Å²) in [7, 11) is 0. The first-order valence-corrected chi connectivity index (χ1v) is 5.08. The number of thiazole rings is 1. The van der Waals surface area contributed by atoms with Gasteiger partial charge in [0, 0.05) is 5.38 Å². The topological polar surface area (TPSA) is 58.9 Å². The van der Waals surface area contributed by atoms with Crippen LogP contribution in [-0.4, -0.2) is 20.3 Å². The lowest BCUT2D eigenvalue weighted by Gasteiger charge is -2.05. The van der Waals surface area contributed by atoms with E-state index >= 15 is 0 Å². The molecule has 2 rings (SSSR count). The summed E-state index contributed by atoms with van der Waals surface area (Å²) >= 11 is 1.45. The lowest BCUT2D eigenvalue weighted by Crippen LogP contribution is -2.04. The molecule has 0 spiro atoms. The molecule has 0 aliphatic heterocycles. The first kappa shape index (κ1) is 9.23. The Morgan fingerprint density at radius 3 is 2.71 bits per heavy atom. The summed E-state index contributed by atoms with van der Waals surface area (Å²) in [6.45, 7) is 1.85. The van der Waals surface area contributed by atoms with Crippen LogP contribution in [0.1, 0.15) is 23.2 Å². The van der Waals surface area contributed by atoms with Gasteiger partial charge in [0.25, 0.3) is 0 Å². The van der Waals surface area contributed by atoms with Crippen molar-refractivity contribution in [1.82, 2.24) is 15.2 Å². The van der Waals surface area contributed by atoms with Gasteiger partial charge >= 0.3 is 0 Å². The van der Waals surface area contributed by atoms with Crippen molar-refractivity contribution in [3.63, 3.8) is 0 Å². The van der Waals surface area contributed by atoms with Gasteiger partial charge in [0.1, 0.15) is 6.10 Å².